The fourth-order valence-electron chi connectivity index (χ4n) is 3.15. The first-order valence-electron chi connectivity index (χ1n) is 7.65. The summed E-state index contributed by atoms with van der Waals surface area (Å²) in [6.45, 7) is 2.86. The fourth-order valence-corrected chi connectivity index (χ4v) is 4.00. The molecule has 0 radical (unpaired) electrons. The van der Waals surface area contributed by atoms with Gasteiger partial charge in [0.1, 0.15) is 0 Å². The number of aromatic carboxylic acids is 1. The zero-order chi connectivity index (χ0) is 17.6. The molecule has 1 saturated heterocycles. The Bertz CT molecular complexity index is 897. The van der Waals surface area contributed by atoms with E-state index in [1.807, 2.05) is 0 Å². The van der Waals surface area contributed by atoms with E-state index in [0.717, 1.165) is 17.0 Å². The summed E-state index contributed by atoms with van der Waals surface area (Å²) < 4.78 is 30.8. The molecule has 0 aliphatic carbocycles. The molecule has 2 aromatic heterocycles. The number of hydrogen-bond acceptors (Lipinski definition) is 3. The average Bonchev–Trinajstić information content (AvgIpc) is 2.94. The number of pyridine rings is 2. The van der Waals surface area contributed by atoms with Crippen molar-refractivity contribution >= 4 is 34.0 Å². The number of rotatable bonds is 3. The second-order valence-electron chi connectivity index (χ2n) is 5.90. The van der Waals surface area contributed by atoms with Gasteiger partial charge < -0.3 is 0 Å². The van der Waals surface area contributed by atoms with E-state index in [-0.39, 0.29) is 11.2 Å². The van der Waals surface area contributed by atoms with Gasteiger partial charge in [0.25, 0.3) is 0 Å². The molecule has 24 heavy (non-hydrogen) atoms. The molecule has 2 aromatic rings. The van der Waals surface area contributed by atoms with Crippen LogP contribution in [0.2, 0.25) is 4.71 Å². The van der Waals surface area contributed by atoms with Crippen LogP contribution in [-0.2, 0) is 6.42 Å². The van der Waals surface area contributed by atoms with Crippen LogP contribution in [0, 0.1) is 11.6 Å². The molecule has 2 unspecified atom stereocenters. The van der Waals surface area contributed by atoms with Gasteiger partial charge in [-0.2, -0.15) is 0 Å². The van der Waals surface area contributed by atoms with Crippen molar-refractivity contribution < 1.29 is 18.7 Å². The molecule has 0 bridgehead atoms. The van der Waals surface area contributed by atoms with Gasteiger partial charge in [-0.25, -0.2) is 0 Å². The Morgan fingerprint density at radius 1 is 1.46 bits per heavy atom. The Morgan fingerprint density at radius 2 is 2.17 bits per heavy atom. The monoisotopic (exact) mass is 398 g/mol. The summed E-state index contributed by atoms with van der Waals surface area (Å²) >= 11 is 1.54. The van der Waals surface area contributed by atoms with Crippen molar-refractivity contribution in [3.8, 4) is 0 Å². The molecule has 0 spiro atoms. The quantitative estimate of drug-likeness (QED) is 0.796. The molecule has 1 aliphatic rings. The number of hydrogen-bond donors (Lipinski definition) is 1. The van der Waals surface area contributed by atoms with Crippen molar-refractivity contribution in [3.63, 3.8) is 0 Å². The number of aromatic nitrogens is 1. The van der Waals surface area contributed by atoms with Gasteiger partial charge in [-0.3, -0.25) is 0 Å². The number of carboxylic acid groups (broad SMARTS) is 1. The van der Waals surface area contributed by atoms with Gasteiger partial charge in [-0.15, -0.1) is 0 Å². The number of aryl methyl sites for hydroxylation is 1. The fraction of sp³-hybridized carbons (Fsp3) is 0.375. The molecule has 1 N–H and O–H groups in total. The SMILES string of the molecule is CCc1cc(C(=O)O)c(=O)n2cc(F)c(N3CCC([AsH2])C3)c(F)c12. The standard InChI is InChI=1S/C16H17AsF2N2O3/c1-2-8-5-10(16(23)24)15(22)21-7-11(18)14(12(19)13(8)21)20-4-3-9(17)6-20/h5,7,9H,2-4,6,17H2,1H3,(H,23,24). The molecule has 128 valence electrons. The molecule has 0 amide bonds. The van der Waals surface area contributed by atoms with Crippen LogP contribution in [0.3, 0.4) is 0 Å². The number of nitrogens with zero attached hydrogens (tertiary/aromatic N) is 2. The van der Waals surface area contributed by atoms with Gasteiger partial charge >= 0.3 is 145 Å². The summed E-state index contributed by atoms with van der Waals surface area (Å²) in [6.07, 6.45) is 2.09. The van der Waals surface area contributed by atoms with E-state index in [2.05, 4.69) is 0 Å². The maximum absolute atomic E-state index is 15.1. The van der Waals surface area contributed by atoms with Gasteiger partial charge in [-0.1, -0.05) is 0 Å². The molecule has 0 saturated carbocycles. The van der Waals surface area contributed by atoms with Crippen LogP contribution in [0.5, 0.6) is 0 Å². The van der Waals surface area contributed by atoms with Crippen LogP contribution in [0.15, 0.2) is 17.1 Å². The summed E-state index contributed by atoms with van der Waals surface area (Å²) in [5, 5.41) is 9.13. The molecule has 3 rings (SSSR count). The van der Waals surface area contributed by atoms with E-state index in [0.29, 0.717) is 29.8 Å². The van der Waals surface area contributed by atoms with Crippen molar-refractivity contribution in [1.29, 1.82) is 0 Å². The third-order valence-electron chi connectivity index (χ3n) is 4.35. The molecule has 5 nitrogen and oxygen atoms in total. The van der Waals surface area contributed by atoms with Gasteiger partial charge in [0.2, 0.25) is 0 Å². The van der Waals surface area contributed by atoms with Crippen LogP contribution < -0.4 is 10.5 Å². The normalized spacial score (nSPS) is 17.7. The van der Waals surface area contributed by atoms with E-state index in [1.165, 1.54) is 22.9 Å². The average molecular weight is 398 g/mol. The number of carboxylic acids is 1. The molecule has 0 aromatic carbocycles. The Hall–Kier alpha value is -1.88. The number of halogens is 2. The van der Waals surface area contributed by atoms with Crippen LogP contribution in [0.25, 0.3) is 5.52 Å². The molecule has 3 heterocycles. The number of fused-ring (bicyclic) bond motifs is 1. The van der Waals surface area contributed by atoms with Crippen LogP contribution in [0.4, 0.5) is 14.5 Å². The van der Waals surface area contributed by atoms with Crippen molar-refractivity contribution in [2.45, 2.75) is 24.5 Å². The first-order valence-corrected chi connectivity index (χ1v) is 9.05. The van der Waals surface area contributed by atoms with Crippen LogP contribution >= 0.6 is 0 Å². The Balaban J connectivity index is 2.34. The van der Waals surface area contributed by atoms with Gasteiger partial charge in [0, 0.05) is 0 Å². The third kappa shape index (κ3) is 2.61. The van der Waals surface area contributed by atoms with Crippen molar-refractivity contribution in [3.05, 3.63) is 45.4 Å². The molecular formula is C16H17AsF2N2O3. The zero-order valence-electron chi connectivity index (χ0n) is 13.1. The van der Waals surface area contributed by atoms with Crippen molar-refractivity contribution in [1.82, 2.24) is 4.40 Å². The third-order valence-corrected chi connectivity index (χ3v) is 5.49. The summed E-state index contributed by atoms with van der Waals surface area (Å²) in [5.41, 5.74) is -1.24. The Morgan fingerprint density at radius 3 is 2.71 bits per heavy atom. The van der Waals surface area contributed by atoms with E-state index < -0.39 is 28.7 Å². The van der Waals surface area contributed by atoms with Crippen LogP contribution in [0.1, 0.15) is 29.3 Å². The number of anilines is 1. The topological polar surface area (TPSA) is 62.0 Å². The second kappa shape index (κ2) is 6.20. The summed E-state index contributed by atoms with van der Waals surface area (Å²) in [6, 6.07) is 1.18. The van der Waals surface area contributed by atoms with Gasteiger partial charge in [0.05, 0.1) is 0 Å². The predicted octanol–water partition coefficient (Wildman–Crippen LogP) is 1.47. The molecule has 2 atom stereocenters. The first kappa shape index (κ1) is 17.0. The minimum atomic E-state index is -1.41. The summed E-state index contributed by atoms with van der Waals surface area (Å²) in [4.78, 5) is 25.1. The number of carbonyl (C=O) groups is 1. The van der Waals surface area contributed by atoms with Crippen molar-refractivity contribution in [2.75, 3.05) is 18.0 Å². The minimum absolute atomic E-state index is 0.0473. The predicted molar refractivity (Wildman–Crippen MR) is 89.0 cm³/mol. The summed E-state index contributed by atoms with van der Waals surface area (Å²) in [5.74, 6) is -3.07. The first-order chi connectivity index (χ1) is 11.3. The second-order valence-corrected chi connectivity index (χ2v) is 7.88. The molecule has 8 heteroatoms. The van der Waals surface area contributed by atoms with Gasteiger partial charge in [0.15, 0.2) is 0 Å². The van der Waals surface area contributed by atoms with E-state index in [1.54, 1.807) is 11.8 Å². The van der Waals surface area contributed by atoms with E-state index in [9.17, 15) is 14.0 Å². The molecular weight excluding hydrogens is 381 g/mol. The maximum atomic E-state index is 15.1. The Kier molecular flexibility index (Phi) is 4.38. The van der Waals surface area contributed by atoms with E-state index >= 15 is 4.39 Å². The molecule has 1 fully saturated rings. The zero-order valence-corrected chi connectivity index (χ0v) is 15.5. The van der Waals surface area contributed by atoms with Crippen molar-refractivity contribution in [2.24, 2.45) is 0 Å². The van der Waals surface area contributed by atoms with E-state index in [4.69, 9.17) is 5.11 Å². The Labute approximate surface area is 145 Å². The molecule has 1 aliphatic heterocycles. The van der Waals surface area contributed by atoms with Gasteiger partial charge in [-0.05, 0) is 0 Å². The summed E-state index contributed by atoms with van der Waals surface area (Å²) in [7, 11) is 0. The van der Waals surface area contributed by atoms with Crippen LogP contribution in [-0.4, -0.2) is 45.4 Å².